The molecule has 2 N–H and O–H groups in total. The second-order valence-electron chi connectivity index (χ2n) is 10.2. The second kappa shape index (κ2) is 15.0. The minimum Gasteiger partial charge on any atom is -0.468 e. The van der Waals surface area contributed by atoms with E-state index in [2.05, 4.69) is 21.9 Å². The lowest BCUT2D eigenvalue weighted by molar-refractivity contribution is -0.145. The Bertz CT molecular complexity index is 938. The summed E-state index contributed by atoms with van der Waals surface area (Å²) < 4.78 is 10.0. The highest BCUT2D eigenvalue weighted by Gasteiger charge is 2.37. The van der Waals surface area contributed by atoms with Crippen LogP contribution in [0.15, 0.2) is 30.8 Å². The zero-order chi connectivity index (χ0) is 28.2. The van der Waals surface area contributed by atoms with Crippen LogP contribution >= 0.6 is 0 Å². The Morgan fingerprint density at radius 2 is 1.81 bits per heavy atom. The number of carbonyl (C=O) groups is 4. The average Bonchev–Trinajstić information content (AvgIpc) is 2.83. The number of nitrogens with one attached hydrogen (secondary N) is 2. The first-order chi connectivity index (χ1) is 17.3. The molecular formula is C28H43N3O6. The van der Waals surface area contributed by atoms with Crippen molar-refractivity contribution in [1.82, 2.24) is 15.5 Å². The van der Waals surface area contributed by atoms with E-state index in [1.54, 1.807) is 45.0 Å². The zero-order valence-corrected chi connectivity index (χ0v) is 23.3. The SMILES string of the molecule is C=Cc1cccc(C(C(=O)NCC(=O)OC)N(CCCCC)C(=O)C(NC(=O)OC(C)(C)C)C(C)C)c1. The number of alkyl carbamates (subject to hydrolysis) is 1. The fourth-order valence-electron chi connectivity index (χ4n) is 3.68. The molecule has 0 radical (unpaired) electrons. The summed E-state index contributed by atoms with van der Waals surface area (Å²) in [6, 6.07) is 5.16. The van der Waals surface area contributed by atoms with E-state index in [0.29, 0.717) is 12.0 Å². The largest absolute Gasteiger partial charge is 0.468 e. The first-order valence-electron chi connectivity index (χ1n) is 12.7. The molecule has 0 aliphatic rings. The molecule has 0 saturated carbocycles. The lowest BCUT2D eigenvalue weighted by Crippen LogP contribution is -2.55. The van der Waals surface area contributed by atoms with Crippen molar-refractivity contribution in [2.24, 2.45) is 5.92 Å². The van der Waals surface area contributed by atoms with Gasteiger partial charge in [-0.3, -0.25) is 14.4 Å². The Kier molecular flexibility index (Phi) is 12.9. The lowest BCUT2D eigenvalue weighted by Gasteiger charge is -2.35. The van der Waals surface area contributed by atoms with Gasteiger partial charge in [0.05, 0.1) is 7.11 Å². The Morgan fingerprint density at radius 3 is 2.35 bits per heavy atom. The molecule has 0 bridgehead atoms. The Balaban J connectivity index is 3.51. The summed E-state index contributed by atoms with van der Waals surface area (Å²) in [5.74, 6) is -1.84. The Morgan fingerprint density at radius 1 is 1.14 bits per heavy atom. The fourth-order valence-corrected chi connectivity index (χ4v) is 3.68. The molecule has 206 valence electrons. The molecular weight excluding hydrogens is 474 g/mol. The van der Waals surface area contributed by atoms with Crippen molar-refractivity contribution in [1.29, 1.82) is 0 Å². The second-order valence-corrected chi connectivity index (χ2v) is 10.2. The number of esters is 1. The third-order valence-corrected chi connectivity index (χ3v) is 5.55. The number of benzene rings is 1. The molecule has 0 aromatic heterocycles. The van der Waals surface area contributed by atoms with E-state index in [4.69, 9.17) is 4.74 Å². The highest BCUT2D eigenvalue weighted by Crippen LogP contribution is 2.26. The van der Waals surface area contributed by atoms with Crippen LogP contribution in [0.4, 0.5) is 4.79 Å². The quantitative estimate of drug-likeness (QED) is 0.299. The number of hydrogen-bond donors (Lipinski definition) is 2. The van der Waals surface area contributed by atoms with Crippen molar-refractivity contribution < 1.29 is 28.7 Å². The highest BCUT2D eigenvalue weighted by atomic mass is 16.6. The van der Waals surface area contributed by atoms with Crippen molar-refractivity contribution in [3.05, 3.63) is 42.0 Å². The van der Waals surface area contributed by atoms with Crippen LogP contribution in [-0.2, 0) is 23.9 Å². The van der Waals surface area contributed by atoms with Crippen LogP contribution in [0.3, 0.4) is 0 Å². The number of amides is 3. The lowest BCUT2D eigenvalue weighted by atomic mass is 9.97. The molecule has 0 aliphatic carbocycles. The topological polar surface area (TPSA) is 114 Å². The molecule has 1 aromatic rings. The maximum atomic E-state index is 14.0. The summed E-state index contributed by atoms with van der Waals surface area (Å²) in [5, 5.41) is 5.29. The number of unbranched alkanes of at least 4 members (excludes halogenated alkanes) is 2. The van der Waals surface area contributed by atoms with Gasteiger partial charge in [0.15, 0.2) is 0 Å². The Hall–Kier alpha value is -3.36. The van der Waals surface area contributed by atoms with Gasteiger partial charge in [-0.05, 0) is 50.3 Å². The number of methoxy groups -OCH3 is 1. The van der Waals surface area contributed by atoms with Crippen LogP contribution in [0.1, 0.15) is 78.0 Å². The monoisotopic (exact) mass is 517 g/mol. The van der Waals surface area contributed by atoms with Gasteiger partial charge >= 0.3 is 12.1 Å². The van der Waals surface area contributed by atoms with E-state index >= 15 is 0 Å². The van der Waals surface area contributed by atoms with E-state index in [9.17, 15) is 19.2 Å². The smallest absolute Gasteiger partial charge is 0.408 e. The van der Waals surface area contributed by atoms with Gasteiger partial charge in [-0.1, -0.05) is 64.5 Å². The van der Waals surface area contributed by atoms with Gasteiger partial charge in [0.1, 0.15) is 24.2 Å². The zero-order valence-electron chi connectivity index (χ0n) is 23.3. The minimum atomic E-state index is -1.05. The van der Waals surface area contributed by atoms with Gasteiger partial charge in [0, 0.05) is 6.54 Å². The molecule has 9 heteroatoms. The molecule has 1 aromatic carbocycles. The number of hydrogen-bond acceptors (Lipinski definition) is 6. The molecule has 3 amide bonds. The van der Waals surface area contributed by atoms with Crippen molar-refractivity contribution in [2.75, 3.05) is 20.2 Å². The van der Waals surface area contributed by atoms with Gasteiger partial charge in [-0.2, -0.15) is 0 Å². The standard InChI is InChI=1S/C28H43N3O6/c1-9-11-12-16-31(26(34)23(19(3)4)30-27(35)37-28(5,6)7)24(25(33)29-18-22(32)36-8)21-15-13-14-20(10-2)17-21/h10,13-15,17,19,23-24H,2,9,11-12,16,18H2,1,3-8H3,(H,29,33)(H,30,35). The van der Waals surface area contributed by atoms with Gasteiger partial charge in [0.2, 0.25) is 11.8 Å². The predicted octanol–water partition coefficient (Wildman–Crippen LogP) is 4.23. The maximum Gasteiger partial charge on any atom is 0.408 e. The van der Waals surface area contributed by atoms with Crippen LogP contribution in [-0.4, -0.2) is 60.6 Å². The van der Waals surface area contributed by atoms with Gasteiger partial charge in [0.25, 0.3) is 0 Å². The summed E-state index contributed by atoms with van der Waals surface area (Å²) in [6.07, 6.45) is 3.35. The summed E-state index contributed by atoms with van der Waals surface area (Å²) in [4.78, 5) is 53.3. The van der Waals surface area contributed by atoms with Gasteiger partial charge < -0.3 is 25.0 Å². The van der Waals surface area contributed by atoms with E-state index in [1.165, 1.54) is 12.0 Å². The van der Waals surface area contributed by atoms with Crippen LogP contribution in [0.25, 0.3) is 6.08 Å². The fraction of sp³-hybridized carbons (Fsp3) is 0.571. The summed E-state index contributed by atoms with van der Waals surface area (Å²) in [7, 11) is 1.23. The molecule has 1 rings (SSSR count). The molecule has 0 spiro atoms. The van der Waals surface area contributed by atoms with Crippen LogP contribution in [0.2, 0.25) is 0 Å². The van der Waals surface area contributed by atoms with Crippen LogP contribution < -0.4 is 10.6 Å². The molecule has 37 heavy (non-hydrogen) atoms. The molecule has 0 aliphatic heterocycles. The molecule has 2 atom stereocenters. The van der Waals surface area contributed by atoms with Gasteiger partial charge in [-0.25, -0.2) is 4.79 Å². The summed E-state index contributed by atoms with van der Waals surface area (Å²) in [6.45, 7) is 14.6. The minimum absolute atomic E-state index is 0.278. The number of ether oxygens (including phenoxy) is 2. The molecule has 9 nitrogen and oxygen atoms in total. The first-order valence-corrected chi connectivity index (χ1v) is 12.7. The normalized spacial score (nSPS) is 12.8. The summed E-state index contributed by atoms with van der Waals surface area (Å²) >= 11 is 0. The molecule has 2 unspecified atom stereocenters. The number of rotatable bonds is 13. The number of carbonyl (C=O) groups excluding carboxylic acids is 4. The van der Waals surface area contributed by atoms with Crippen molar-refractivity contribution in [3.8, 4) is 0 Å². The summed E-state index contributed by atoms with van der Waals surface area (Å²) in [5.41, 5.74) is 0.595. The van der Waals surface area contributed by atoms with Gasteiger partial charge in [-0.15, -0.1) is 0 Å². The highest BCUT2D eigenvalue weighted by molar-refractivity contribution is 5.93. The molecule has 0 heterocycles. The van der Waals surface area contributed by atoms with Crippen LogP contribution in [0.5, 0.6) is 0 Å². The van der Waals surface area contributed by atoms with Crippen LogP contribution in [0, 0.1) is 5.92 Å². The average molecular weight is 518 g/mol. The number of nitrogens with zero attached hydrogens (tertiary/aromatic N) is 1. The van der Waals surface area contributed by atoms with E-state index in [0.717, 1.165) is 18.4 Å². The predicted molar refractivity (Wildman–Crippen MR) is 144 cm³/mol. The molecule has 0 fully saturated rings. The van der Waals surface area contributed by atoms with E-state index in [-0.39, 0.29) is 19.0 Å². The van der Waals surface area contributed by atoms with Crippen molar-refractivity contribution >= 4 is 30.0 Å². The van der Waals surface area contributed by atoms with Crippen molar-refractivity contribution in [2.45, 2.75) is 78.5 Å². The maximum absolute atomic E-state index is 14.0. The Labute approximate surface area is 221 Å². The van der Waals surface area contributed by atoms with Crippen molar-refractivity contribution in [3.63, 3.8) is 0 Å². The third kappa shape index (κ3) is 10.7. The molecule has 0 saturated heterocycles. The van der Waals surface area contributed by atoms with E-state index < -0.39 is 41.6 Å². The first kappa shape index (κ1) is 31.7. The third-order valence-electron chi connectivity index (χ3n) is 5.55. The van der Waals surface area contributed by atoms with E-state index in [1.807, 2.05) is 26.8 Å².